The molecule has 0 aliphatic heterocycles. The number of hydrogen-bond donors (Lipinski definition) is 0. The number of furan rings is 1. The molecular weight excluding hydrogens is 324 g/mol. The van der Waals surface area contributed by atoms with Crippen LogP contribution in [0.1, 0.15) is 35.3 Å². The fourth-order valence-electron chi connectivity index (χ4n) is 3.11. The largest absolute Gasteiger partial charge is 0.468 e. The number of nitrogens with zero attached hydrogens (tertiary/aromatic N) is 4. The first-order valence-corrected chi connectivity index (χ1v) is 8.85. The third-order valence-electron chi connectivity index (χ3n) is 4.40. The highest BCUT2D eigenvalue weighted by atomic mass is 16.3. The quantitative estimate of drug-likeness (QED) is 0.569. The molecule has 5 nitrogen and oxygen atoms in total. The molecule has 0 aliphatic carbocycles. The summed E-state index contributed by atoms with van der Waals surface area (Å²) in [7, 11) is 0. The van der Waals surface area contributed by atoms with Gasteiger partial charge < -0.3 is 4.42 Å². The van der Waals surface area contributed by atoms with Crippen LogP contribution in [0, 0.1) is 13.8 Å². The molecule has 3 rings (SSSR count). The lowest BCUT2D eigenvalue weighted by Crippen LogP contribution is -2.23. The first kappa shape index (κ1) is 18.1. The maximum Gasteiger partial charge on any atom is 0.117 e. The van der Waals surface area contributed by atoms with Gasteiger partial charge in [-0.2, -0.15) is 5.10 Å². The van der Waals surface area contributed by atoms with Crippen molar-refractivity contribution in [3.8, 4) is 0 Å². The van der Waals surface area contributed by atoms with Gasteiger partial charge in [0.1, 0.15) is 5.76 Å². The van der Waals surface area contributed by atoms with Crippen LogP contribution in [0.5, 0.6) is 0 Å². The van der Waals surface area contributed by atoms with E-state index in [1.54, 1.807) is 6.26 Å². The van der Waals surface area contributed by atoms with Crippen molar-refractivity contribution in [1.82, 2.24) is 19.7 Å². The number of hydrogen-bond acceptors (Lipinski definition) is 4. The number of pyridine rings is 1. The molecule has 0 spiro atoms. The predicted molar refractivity (Wildman–Crippen MR) is 102 cm³/mol. The molecule has 0 saturated heterocycles. The van der Waals surface area contributed by atoms with E-state index in [-0.39, 0.29) is 0 Å². The molecule has 3 aromatic rings. The van der Waals surface area contributed by atoms with Crippen LogP contribution in [0.15, 0.2) is 59.4 Å². The Morgan fingerprint density at radius 3 is 2.65 bits per heavy atom. The van der Waals surface area contributed by atoms with Crippen molar-refractivity contribution in [2.45, 2.75) is 47.0 Å². The van der Waals surface area contributed by atoms with Gasteiger partial charge in [0.2, 0.25) is 0 Å². The van der Waals surface area contributed by atoms with Crippen LogP contribution in [0.2, 0.25) is 0 Å². The molecule has 136 valence electrons. The second-order valence-electron chi connectivity index (χ2n) is 6.81. The van der Waals surface area contributed by atoms with E-state index >= 15 is 0 Å². The van der Waals surface area contributed by atoms with Gasteiger partial charge in [0.15, 0.2) is 0 Å². The zero-order valence-corrected chi connectivity index (χ0v) is 15.8. The zero-order valence-electron chi connectivity index (χ0n) is 15.8. The summed E-state index contributed by atoms with van der Waals surface area (Å²) in [4.78, 5) is 6.81. The van der Waals surface area contributed by atoms with Crippen molar-refractivity contribution < 1.29 is 4.42 Å². The fraction of sp³-hybridized carbons (Fsp3) is 0.333. The summed E-state index contributed by atoms with van der Waals surface area (Å²) in [6, 6.07) is 9.95. The highest BCUT2D eigenvalue weighted by molar-refractivity contribution is 5.25. The van der Waals surface area contributed by atoms with E-state index < -0.39 is 0 Å². The van der Waals surface area contributed by atoms with E-state index in [0.717, 1.165) is 48.9 Å². The summed E-state index contributed by atoms with van der Waals surface area (Å²) in [5, 5.41) is 4.70. The van der Waals surface area contributed by atoms with Crippen LogP contribution in [0.3, 0.4) is 0 Å². The molecule has 0 atom stereocenters. The maximum atomic E-state index is 5.56. The monoisotopic (exact) mass is 350 g/mol. The van der Waals surface area contributed by atoms with Gasteiger partial charge >= 0.3 is 0 Å². The second-order valence-corrected chi connectivity index (χ2v) is 6.81. The second kappa shape index (κ2) is 8.15. The van der Waals surface area contributed by atoms with Gasteiger partial charge in [0.25, 0.3) is 0 Å². The highest BCUT2D eigenvalue weighted by Crippen LogP contribution is 2.19. The summed E-state index contributed by atoms with van der Waals surface area (Å²) in [6.45, 7) is 13.3. The average Bonchev–Trinajstić information content (AvgIpc) is 3.19. The molecule has 0 fully saturated rings. The first-order chi connectivity index (χ1) is 12.5. The maximum absolute atomic E-state index is 5.56. The molecule has 0 aliphatic rings. The molecule has 0 saturated carbocycles. The lowest BCUT2D eigenvalue weighted by atomic mass is 10.1. The van der Waals surface area contributed by atoms with Crippen LogP contribution in [-0.4, -0.2) is 19.7 Å². The van der Waals surface area contributed by atoms with Gasteiger partial charge in [-0.25, -0.2) is 0 Å². The van der Waals surface area contributed by atoms with Gasteiger partial charge in [0.05, 0.1) is 30.7 Å². The van der Waals surface area contributed by atoms with Gasteiger partial charge in [-0.1, -0.05) is 18.2 Å². The van der Waals surface area contributed by atoms with Crippen molar-refractivity contribution in [2.24, 2.45) is 0 Å². The summed E-state index contributed by atoms with van der Waals surface area (Å²) < 4.78 is 7.60. The molecule has 5 heteroatoms. The van der Waals surface area contributed by atoms with Crippen molar-refractivity contribution in [3.63, 3.8) is 0 Å². The molecule has 3 heterocycles. The topological polar surface area (TPSA) is 47.1 Å². The lowest BCUT2D eigenvalue weighted by molar-refractivity contribution is 0.223. The Kier molecular flexibility index (Phi) is 5.68. The highest BCUT2D eigenvalue weighted by Gasteiger charge is 2.17. The van der Waals surface area contributed by atoms with E-state index in [1.807, 2.05) is 42.1 Å². The van der Waals surface area contributed by atoms with Crippen molar-refractivity contribution in [1.29, 1.82) is 0 Å². The zero-order chi connectivity index (χ0) is 18.5. The summed E-state index contributed by atoms with van der Waals surface area (Å²) in [5.74, 6) is 0.950. The molecule has 0 amide bonds. The Labute approximate surface area is 155 Å². The third kappa shape index (κ3) is 4.49. The van der Waals surface area contributed by atoms with Gasteiger partial charge in [-0.3, -0.25) is 14.6 Å². The van der Waals surface area contributed by atoms with E-state index in [1.165, 1.54) is 11.3 Å². The SMILES string of the molecule is C=C(C)Cn1nc(C)c(CN(Cc2ccccn2)Cc2ccco2)c1C. The number of allylic oxidation sites excluding steroid dienone is 1. The van der Waals surface area contributed by atoms with E-state index in [4.69, 9.17) is 9.52 Å². The summed E-state index contributed by atoms with van der Waals surface area (Å²) in [6.07, 6.45) is 3.55. The molecule has 0 aromatic carbocycles. The minimum Gasteiger partial charge on any atom is -0.468 e. The van der Waals surface area contributed by atoms with Gasteiger partial charge in [0, 0.05) is 30.5 Å². The number of aromatic nitrogens is 3. The molecular formula is C21H26N4O. The Morgan fingerprint density at radius 1 is 1.15 bits per heavy atom. The van der Waals surface area contributed by atoms with E-state index in [9.17, 15) is 0 Å². The Bertz CT molecular complexity index is 850. The molecule has 0 N–H and O–H groups in total. The predicted octanol–water partition coefficient (Wildman–Crippen LogP) is 4.27. The summed E-state index contributed by atoms with van der Waals surface area (Å²) >= 11 is 0. The minimum atomic E-state index is 0.730. The average molecular weight is 350 g/mol. The van der Waals surface area contributed by atoms with E-state index in [2.05, 4.69) is 36.4 Å². The minimum absolute atomic E-state index is 0.730. The Hall–Kier alpha value is -2.66. The lowest BCUT2D eigenvalue weighted by Gasteiger charge is -2.21. The van der Waals surface area contributed by atoms with Crippen molar-refractivity contribution >= 4 is 0 Å². The van der Waals surface area contributed by atoms with Crippen LogP contribution in [0.25, 0.3) is 0 Å². The molecule has 26 heavy (non-hydrogen) atoms. The number of rotatable bonds is 8. The molecule has 0 unspecified atom stereocenters. The van der Waals surface area contributed by atoms with Crippen molar-refractivity contribution in [2.75, 3.05) is 0 Å². The Balaban J connectivity index is 1.83. The van der Waals surface area contributed by atoms with Crippen LogP contribution in [-0.2, 0) is 26.2 Å². The van der Waals surface area contributed by atoms with Crippen LogP contribution < -0.4 is 0 Å². The summed E-state index contributed by atoms with van der Waals surface area (Å²) in [5.41, 5.74) is 5.66. The van der Waals surface area contributed by atoms with Crippen LogP contribution >= 0.6 is 0 Å². The van der Waals surface area contributed by atoms with Gasteiger partial charge in [-0.15, -0.1) is 0 Å². The first-order valence-electron chi connectivity index (χ1n) is 8.85. The van der Waals surface area contributed by atoms with Gasteiger partial charge in [-0.05, 0) is 45.0 Å². The third-order valence-corrected chi connectivity index (χ3v) is 4.40. The smallest absolute Gasteiger partial charge is 0.117 e. The molecule has 0 radical (unpaired) electrons. The molecule has 3 aromatic heterocycles. The normalized spacial score (nSPS) is 11.2. The van der Waals surface area contributed by atoms with Crippen LogP contribution in [0.4, 0.5) is 0 Å². The van der Waals surface area contributed by atoms with Crippen molar-refractivity contribution in [3.05, 3.63) is 83.3 Å². The molecule has 0 bridgehead atoms. The van der Waals surface area contributed by atoms with E-state index in [0.29, 0.717) is 0 Å². The standard InChI is InChI=1S/C21H26N4O/c1-16(2)12-25-18(4)21(17(3)23-25)15-24(14-20-9-7-11-26-20)13-19-8-5-6-10-22-19/h5-11H,1,12-15H2,2-4H3. The fourth-order valence-corrected chi connectivity index (χ4v) is 3.11. The number of aryl methyl sites for hydroxylation is 1. The Morgan fingerprint density at radius 2 is 2.00 bits per heavy atom.